The van der Waals surface area contributed by atoms with Crippen LogP contribution in [0.3, 0.4) is 0 Å². The standard InChI is InChI=1S/C72H85BN2/c1-67(2,3)51-16-22-55(23-17-51)74-61-26-20-53(69(7,8)9)36-59(61)73-60-37-54(70(10,11)12)21-27-62(60)75(56-24-18-52(19-25-56)68(4,5)6)64-35-50(34-63(74)66(64)73)65-57(71-38-44-28-45(39-71)30-46(29-44)40-71)14-13-15-58(65)72-41-47-31-48(42-72)33-49(32-47)43-72/h13-27,34-37,44-49H,28-33,38-43H2,1-12H3. The number of rotatable bonds is 5. The van der Waals surface area contributed by atoms with Gasteiger partial charge in [-0.05, 0) is 254 Å². The number of hydrogen-bond donors (Lipinski definition) is 0. The summed E-state index contributed by atoms with van der Waals surface area (Å²) >= 11 is 0. The van der Waals surface area contributed by atoms with Crippen LogP contribution in [0, 0.1) is 35.5 Å². The van der Waals surface area contributed by atoms with Gasteiger partial charge in [-0.1, -0.05) is 150 Å². The Hall–Kier alpha value is -5.02. The lowest BCUT2D eigenvalue weighted by Crippen LogP contribution is -2.61. The molecule has 6 aromatic carbocycles. The van der Waals surface area contributed by atoms with Crippen LogP contribution in [-0.4, -0.2) is 6.71 Å². The molecule has 16 rings (SSSR count). The van der Waals surface area contributed by atoms with Crippen molar-refractivity contribution in [3.05, 3.63) is 149 Å². The van der Waals surface area contributed by atoms with Gasteiger partial charge in [-0.25, -0.2) is 0 Å². The van der Waals surface area contributed by atoms with E-state index in [1.165, 1.54) is 155 Å². The van der Waals surface area contributed by atoms with Crippen LogP contribution >= 0.6 is 0 Å². The molecule has 0 saturated heterocycles. The summed E-state index contributed by atoms with van der Waals surface area (Å²) in [4.78, 5) is 5.45. The maximum atomic E-state index is 2.77. The van der Waals surface area contributed by atoms with Gasteiger partial charge in [0.1, 0.15) is 0 Å². The lowest BCUT2D eigenvalue weighted by atomic mass is 9.33. The highest BCUT2D eigenvalue weighted by molar-refractivity contribution is 7.00. The average molecular weight is 989 g/mol. The molecule has 6 aromatic rings. The maximum Gasteiger partial charge on any atom is 0.252 e. The predicted octanol–water partition coefficient (Wildman–Crippen LogP) is 17.6. The first-order chi connectivity index (χ1) is 35.5. The minimum absolute atomic E-state index is 0.0125. The van der Waals surface area contributed by atoms with Crippen LogP contribution in [0.15, 0.2) is 115 Å². The highest BCUT2D eigenvalue weighted by Gasteiger charge is 2.56. The van der Waals surface area contributed by atoms with E-state index in [2.05, 4.69) is 208 Å². The normalized spacial score (nSPS) is 28.2. The molecule has 0 radical (unpaired) electrons. The molecule has 8 bridgehead atoms. The van der Waals surface area contributed by atoms with E-state index in [4.69, 9.17) is 0 Å². The van der Waals surface area contributed by atoms with E-state index in [1.807, 2.05) is 0 Å². The Balaban J connectivity index is 1.10. The van der Waals surface area contributed by atoms with Crippen molar-refractivity contribution >= 4 is 57.2 Å². The van der Waals surface area contributed by atoms with Crippen LogP contribution in [0.4, 0.5) is 34.1 Å². The fourth-order valence-electron chi connectivity index (χ4n) is 18.5. The molecule has 0 unspecified atom stereocenters. The van der Waals surface area contributed by atoms with E-state index in [0.29, 0.717) is 0 Å². The van der Waals surface area contributed by atoms with Crippen LogP contribution in [-0.2, 0) is 32.5 Å². The zero-order chi connectivity index (χ0) is 51.9. The van der Waals surface area contributed by atoms with Crippen molar-refractivity contribution in [3.8, 4) is 11.1 Å². The summed E-state index contributed by atoms with van der Waals surface area (Å²) < 4.78 is 0. The van der Waals surface area contributed by atoms with E-state index in [1.54, 1.807) is 16.7 Å². The summed E-state index contributed by atoms with van der Waals surface area (Å²) in [6.45, 7) is 28.5. The number of benzene rings is 6. The Morgan fingerprint density at radius 1 is 0.373 bits per heavy atom. The van der Waals surface area contributed by atoms with Gasteiger partial charge in [0.25, 0.3) is 6.71 Å². The second-order valence-electron chi connectivity index (χ2n) is 30.8. The van der Waals surface area contributed by atoms with Gasteiger partial charge in [-0.15, -0.1) is 0 Å². The van der Waals surface area contributed by atoms with Crippen molar-refractivity contribution in [1.29, 1.82) is 0 Å². The number of hydrogen-bond acceptors (Lipinski definition) is 2. The summed E-state index contributed by atoms with van der Waals surface area (Å²) in [5.41, 5.74) is 24.8. The van der Waals surface area contributed by atoms with Gasteiger partial charge in [-0.2, -0.15) is 0 Å². The maximum absolute atomic E-state index is 2.77. The first kappa shape index (κ1) is 48.4. The first-order valence-corrected chi connectivity index (χ1v) is 29.9. The van der Waals surface area contributed by atoms with Crippen molar-refractivity contribution in [2.45, 2.75) is 193 Å². The first-order valence-electron chi connectivity index (χ1n) is 29.9. The molecule has 10 aliphatic rings. The molecule has 8 aliphatic carbocycles. The summed E-state index contributed by atoms with van der Waals surface area (Å²) in [6, 6.07) is 48.1. The van der Waals surface area contributed by atoms with Gasteiger partial charge >= 0.3 is 0 Å². The largest absolute Gasteiger partial charge is 0.311 e. The minimum atomic E-state index is -0.0125. The molecule has 0 aromatic heterocycles. The van der Waals surface area contributed by atoms with Gasteiger partial charge in [0.2, 0.25) is 0 Å². The zero-order valence-electron chi connectivity index (χ0n) is 47.9. The van der Waals surface area contributed by atoms with Crippen LogP contribution in [0.1, 0.15) is 194 Å². The summed E-state index contributed by atoms with van der Waals surface area (Å²) in [5.74, 6) is 5.25. The molecular formula is C72H85BN2. The second kappa shape index (κ2) is 16.3. The van der Waals surface area contributed by atoms with Gasteiger partial charge in [0, 0.05) is 34.1 Å². The quantitative estimate of drug-likeness (QED) is 0.159. The van der Waals surface area contributed by atoms with Crippen LogP contribution in [0.25, 0.3) is 11.1 Å². The van der Waals surface area contributed by atoms with Crippen LogP contribution in [0.2, 0.25) is 0 Å². The molecule has 2 aliphatic heterocycles. The van der Waals surface area contributed by atoms with E-state index < -0.39 is 0 Å². The third-order valence-electron chi connectivity index (χ3n) is 21.4. The smallest absolute Gasteiger partial charge is 0.252 e. The van der Waals surface area contributed by atoms with Gasteiger partial charge in [-0.3, -0.25) is 0 Å². The van der Waals surface area contributed by atoms with Crippen LogP contribution < -0.4 is 26.2 Å². The van der Waals surface area contributed by atoms with Crippen molar-refractivity contribution in [3.63, 3.8) is 0 Å². The minimum Gasteiger partial charge on any atom is -0.311 e. The van der Waals surface area contributed by atoms with E-state index in [9.17, 15) is 0 Å². The molecule has 0 N–H and O–H groups in total. The number of fused-ring (bicyclic) bond motifs is 4. The summed E-state index contributed by atoms with van der Waals surface area (Å²) in [6.07, 6.45) is 17.0. The Labute approximate surface area is 452 Å². The van der Waals surface area contributed by atoms with Crippen molar-refractivity contribution in [1.82, 2.24) is 0 Å². The molecule has 8 fully saturated rings. The molecule has 2 nitrogen and oxygen atoms in total. The van der Waals surface area contributed by atoms with Gasteiger partial charge < -0.3 is 9.80 Å². The molecule has 75 heavy (non-hydrogen) atoms. The number of nitrogens with zero attached hydrogens (tertiary/aromatic N) is 2. The SMILES string of the molecule is CC(C)(C)c1ccc(N2c3ccc(C(C)(C)C)cc3B3c4cc(C(C)(C)C)ccc4N(c4ccc(C(C)(C)C)cc4)c4cc(-c5c(C67CC8CC(CC(C8)C6)C7)cccc5C56CC7CC(CC(C7)C5)C6)cc2c43)cc1. The molecule has 2 heterocycles. The van der Waals surface area contributed by atoms with Gasteiger partial charge in [0.05, 0.1) is 0 Å². The Morgan fingerprint density at radius 3 is 1.01 bits per heavy atom. The second-order valence-corrected chi connectivity index (χ2v) is 30.8. The molecule has 8 saturated carbocycles. The third kappa shape index (κ3) is 7.66. The molecule has 0 amide bonds. The predicted molar refractivity (Wildman–Crippen MR) is 320 cm³/mol. The lowest BCUT2D eigenvalue weighted by Gasteiger charge is -2.59. The zero-order valence-corrected chi connectivity index (χ0v) is 47.9. The summed E-state index contributed by atoms with van der Waals surface area (Å²) in [7, 11) is 0. The van der Waals surface area contributed by atoms with Crippen LogP contribution in [0.5, 0.6) is 0 Å². The number of anilines is 6. The Kier molecular flexibility index (Phi) is 10.5. The van der Waals surface area contributed by atoms with Crippen molar-refractivity contribution in [2.24, 2.45) is 35.5 Å². The summed E-state index contributed by atoms with van der Waals surface area (Å²) in [5, 5.41) is 0. The van der Waals surface area contributed by atoms with Crippen molar-refractivity contribution in [2.75, 3.05) is 9.80 Å². The van der Waals surface area contributed by atoms with Crippen molar-refractivity contribution < 1.29 is 0 Å². The molecule has 0 spiro atoms. The van der Waals surface area contributed by atoms with E-state index in [-0.39, 0.29) is 39.2 Å². The molecular weight excluding hydrogens is 904 g/mol. The molecule has 3 heteroatoms. The fourth-order valence-corrected chi connectivity index (χ4v) is 18.5. The monoisotopic (exact) mass is 989 g/mol. The highest BCUT2D eigenvalue weighted by Crippen LogP contribution is 2.66. The Morgan fingerprint density at radius 2 is 0.693 bits per heavy atom. The van der Waals surface area contributed by atoms with E-state index >= 15 is 0 Å². The third-order valence-corrected chi connectivity index (χ3v) is 21.4. The molecule has 0 atom stereocenters. The van der Waals surface area contributed by atoms with Gasteiger partial charge in [0.15, 0.2) is 0 Å². The highest BCUT2D eigenvalue weighted by atomic mass is 15.2. The van der Waals surface area contributed by atoms with E-state index in [0.717, 1.165) is 35.5 Å². The average Bonchev–Trinajstić information content (AvgIpc) is 3.34. The lowest BCUT2D eigenvalue weighted by molar-refractivity contribution is -0.00783. The Bertz CT molecular complexity index is 2990. The fraction of sp³-hybridized carbons (Fsp3) is 0.500. The topological polar surface area (TPSA) is 6.48 Å². The molecule has 386 valence electrons.